The maximum Gasteiger partial charge on any atom is 0.234 e. The Labute approximate surface area is 100 Å². The molecule has 2 N–H and O–H groups in total. The lowest BCUT2D eigenvalue weighted by Crippen LogP contribution is -2.34. The summed E-state index contributed by atoms with van der Waals surface area (Å²) in [5, 5.41) is 13.9. The van der Waals surface area contributed by atoms with Gasteiger partial charge in [0.05, 0.1) is 24.7 Å². The third kappa shape index (κ3) is 5.58. The Morgan fingerprint density at radius 3 is 3.12 bits per heavy atom. The van der Waals surface area contributed by atoms with Gasteiger partial charge < -0.3 is 10.6 Å². The van der Waals surface area contributed by atoms with Crippen LogP contribution in [0.2, 0.25) is 0 Å². The van der Waals surface area contributed by atoms with E-state index in [1.54, 1.807) is 12.3 Å². The highest BCUT2D eigenvalue weighted by Crippen LogP contribution is 1.93. The van der Waals surface area contributed by atoms with E-state index in [4.69, 9.17) is 5.26 Å². The van der Waals surface area contributed by atoms with Crippen LogP contribution in [0.25, 0.3) is 0 Å². The average molecular weight is 233 g/mol. The molecule has 6 nitrogen and oxygen atoms in total. The van der Waals surface area contributed by atoms with E-state index in [2.05, 4.69) is 20.6 Å². The predicted molar refractivity (Wildman–Crippen MR) is 61.7 cm³/mol. The van der Waals surface area contributed by atoms with Crippen molar-refractivity contribution in [2.75, 3.05) is 13.1 Å². The number of nitrogens with zero attached hydrogens (tertiary/aromatic N) is 3. The van der Waals surface area contributed by atoms with Gasteiger partial charge >= 0.3 is 0 Å². The summed E-state index contributed by atoms with van der Waals surface area (Å²) < 4.78 is 0. The van der Waals surface area contributed by atoms with E-state index in [0.29, 0.717) is 25.3 Å². The third-order valence-corrected chi connectivity index (χ3v) is 1.98. The minimum Gasteiger partial charge on any atom is -0.354 e. The molecule has 0 saturated heterocycles. The van der Waals surface area contributed by atoms with Gasteiger partial charge in [0.2, 0.25) is 5.91 Å². The molecule has 0 aliphatic heterocycles. The lowest BCUT2D eigenvalue weighted by Gasteiger charge is -2.05. The first kappa shape index (κ1) is 13.1. The Morgan fingerprint density at radius 1 is 1.59 bits per heavy atom. The van der Waals surface area contributed by atoms with Crippen LogP contribution in [0, 0.1) is 18.3 Å². The first-order valence-electron chi connectivity index (χ1n) is 5.35. The van der Waals surface area contributed by atoms with Crippen LogP contribution < -0.4 is 10.6 Å². The van der Waals surface area contributed by atoms with E-state index in [0.717, 1.165) is 5.69 Å². The molecule has 0 fully saturated rings. The maximum absolute atomic E-state index is 11.3. The van der Waals surface area contributed by atoms with Crippen LogP contribution in [0.15, 0.2) is 12.3 Å². The highest BCUT2D eigenvalue weighted by molar-refractivity contribution is 5.77. The summed E-state index contributed by atoms with van der Waals surface area (Å²) in [7, 11) is 0. The van der Waals surface area contributed by atoms with Gasteiger partial charge in [-0.2, -0.15) is 5.26 Å². The molecule has 0 spiro atoms. The van der Waals surface area contributed by atoms with Gasteiger partial charge in [-0.3, -0.25) is 4.79 Å². The Hall–Kier alpha value is -2.00. The zero-order valence-corrected chi connectivity index (χ0v) is 9.73. The molecule has 0 aromatic carbocycles. The van der Waals surface area contributed by atoms with Crippen LogP contribution in [0.1, 0.15) is 17.9 Å². The van der Waals surface area contributed by atoms with Crippen LogP contribution in [0.5, 0.6) is 0 Å². The van der Waals surface area contributed by atoms with Crippen LogP contribution in [-0.4, -0.2) is 29.0 Å². The van der Waals surface area contributed by atoms with Crippen LogP contribution in [-0.2, 0) is 11.3 Å². The maximum atomic E-state index is 11.3. The van der Waals surface area contributed by atoms with Crippen molar-refractivity contribution < 1.29 is 4.79 Å². The molecular weight excluding hydrogens is 218 g/mol. The zero-order valence-electron chi connectivity index (χ0n) is 9.73. The number of carbonyl (C=O) groups excluding carboxylic acids is 1. The van der Waals surface area contributed by atoms with Crippen LogP contribution in [0.4, 0.5) is 0 Å². The van der Waals surface area contributed by atoms with Gasteiger partial charge in [-0.15, -0.1) is 0 Å². The summed E-state index contributed by atoms with van der Waals surface area (Å²) in [6.45, 7) is 2.95. The first-order valence-corrected chi connectivity index (χ1v) is 5.35. The minimum atomic E-state index is -0.119. The Morgan fingerprint density at radius 2 is 2.41 bits per heavy atom. The Bertz CT molecular complexity index is 413. The van der Waals surface area contributed by atoms with Gasteiger partial charge in [0.1, 0.15) is 5.82 Å². The molecule has 1 rings (SSSR count). The van der Waals surface area contributed by atoms with E-state index in [-0.39, 0.29) is 12.5 Å². The molecule has 0 aliphatic carbocycles. The number of nitriles is 1. The summed E-state index contributed by atoms with van der Waals surface area (Å²) in [6.07, 6.45) is 2.02. The molecule has 90 valence electrons. The number of amides is 1. The molecule has 1 amide bonds. The van der Waals surface area contributed by atoms with Crippen molar-refractivity contribution in [2.24, 2.45) is 0 Å². The lowest BCUT2D eigenvalue weighted by molar-refractivity contribution is -0.120. The fourth-order valence-electron chi connectivity index (χ4n) is 1.23. The highest BCUT2D eigenvalue weighted by Gasteiger charge is 2.00. The molecule has 0 bridgehead atoms. The molecule has 0 atom stereocenters. The summed E-state index contributed by atoms with van der Waals surface area (Å²) in [5.74, 6) is 0.591. The van der Waals surface area contributed by atoms with Gasteiger partial charge in [0.15, 0.2) is 0 Å². The van der Waals surface area contributed by atoms with Crippen LogP contribution >= 0.6 is 0 Å². The van der Waals surface area contributed by atoms with Gasteiger partial charge in [-0.25, -0.2) is 9.97 Å². The molecule has 0 unspecified atom stereocenters. The van der Waals surface area contributed by atoms with E-state index in [1.165, 1.54) is 0 Å². The molecule has 0 aliphatic rings. The van der Waals surface area contributed by atoms with Crippen molar-refractivity contribution in [3.05, 3.63) is 23.8 Å². The molecule has 1 aromatic heterocycles. The normalized spacial score (nSPS) is 9.65. The highest BCUT2D eigenvalue weighted by atomic mass is 16.1. The molecule has 0 radical (unpaired) electrons. The van der Waals surface area contributed by atoms with Crippen molar-refractivity contribution in [3.8, 4) is 6.07 Å². The first-order chi connectivity index (χ1) is 8.22. The zero-order chi connectivity index (χ0) is 12.5. The van der Waals surface area contributed by atoms with Crippen molar-refractivity contribution in [3.63, 3.8) is 0 Å². The summed E-state index contributed by atoms with van der Waals surface area (Å²) in [5.41, 5.74) is 0.849. The number of nitrogens with one attached hydrogen (secondary N) is 2. The number of aryl methyl sites for hydroxylation is 1. The summed E-state index contributed by atoms with van der Waals surface area (Å²) in [6, 6.07) is 3.76. The quantitative estimate of drug-likeness (QED) is 0.670. The van der Waals surface area contributed by atoms with E-state index >= 15 is 0 Å². The predicted octanol–water partition coefficient (Wildman–Crippen LogP) is -0.0955. The minimum absolute atomic E-state index is 0.119. The van der Waals surface area contributed by atoms with Crippen LogP contribution in [0.3, 0.4) is 0 Å². The molecular formula is C11H15N5O. The SMILES string of the molecule is Cc1nccc(CNCC(=O)NCCC#N)n1. The topological polar surface area (TPSA) is 90.7 Å². The number of hydrogen-bond donors (Lipinski definition) is 2. The second-order valence-corrected chi connectivity index (χ2v) is 3.46. The second kappa shape index (κ2) is 7.30. The third-order valence-electron chi connectivity index (χ3n) is 1.98. The van der Waals surface area contributed by atoms with Gasteiger partial charge in [-0.05, 0) is 13.0 Å². The van der Waals surface area contributed by atoms with Gasteiger partial charge in [0.25, 0.3) is 0 Å². The summed E-state index contributed by atoms with van der Waals surface area (Å²) in [4.78, 5) is 19.4. The molecule has 0 saturated carbocycles. The smallest absolute Gasteiger partial charge is 0.234 e. The number of aromatic nitrogens is 2. The molecule has 17 heavy (non-hydrogen) atoms. The Kier molecular flexibility index (Phi) is 5.61. The monoisotopic (exact) mass is 233 g/mol. The number of carbonyl (C=O) groups is 1. The molecule has 1 heterocycles. The lowest BCUT2D eigenvalue weighted by atomic mass is 10.4. The largest absolute Gasteiger partial charge is 0.354 e. The van der Waals surface area contributed by atoms with E-state index < -0.39 is 0 Å². The van der Waals surface area contributed by atoms with Crippen molar-refractivity contribution >= 4 is 5.91 Å². The number of rotatable bonds is 6. The fourth-order valence-corrected chi connectivity index (χ4v) is 1.23. The van der Waals surface area contributed by atoms with Gasteiger partial charge in [-0.1, -0.05) is 0 Å². The molecule has 6 heteroatoms. The van der Waals surface area contributed by atoms with Crippen molar-refractivity contribution in [2.45, 2.75) is 19.9 Å². The van der Waals surface area contributed by atoms with Crippen molar-refractivity contribution in [1.82, 2.24) is 20.6 Å². The van der Waals surface area contributed by atoms with E-state index in [9.17, 15) is 4.79 Å². The summed E-state index contributed by atoms with van der Waals surface area (Å²) >= 11 is 0. The number of hydrogen-bond acceptors (Lipinski definition) is 5. The van der Waals surface area contributed by atoms with Gasteiger partial charge in [0, 0.05) is 19.3 Å². The second-order valence-electron chi connectivity index (χ2n) is 3.46. The Balaban J connectivity index is 2.19. The molecule has 1 aromatic rings. The fraction of sp³-hybridized carbons (Fsp3) is 0.455. The van der Waals surface area contributed by atoms with Crippen molar-refractivity contribution in [1.29, 1.82) is 5.26 Å². The standard InChI is InChI=1S/C11H15N5O/c1-9-14-6-3-10(16-9)7-13-8-11(17)15-5-2-4-12/h3,6,13H,2,5,7-8H2,1H3,(H,15,17). The van der Waals surface area contributed by atoms with E-state index in [1.807, 2.05) is 13.0 Å². The average Bonchev–Trinajstić information content (AvgIpc) is 2.29.